The Bertz CT molecular complexity index is 637. The van der Waals surface area contributed by atoms with Gasteiger partial charge in [-0.2, -0.15) is 0 Å². The molecule has 1 heterocycles. The van der Waals surface area contributed by atoms with Gasteiger partial charge in [0, 0.05) is 39.3 Å². The van der Waals surface area contributed by atoms with Gasteiger partial charge in [0.1, 0.15) is 6.61 Å². The fraction of sp³-hybridized carbons (Fsp3) is 0.381. The Hall–Kier alpha value is -2.17. The third-order valence-corrected chi connectivity index (χ3v) is 4.58. The van der Waals surface area contributed by atoms with Crippen molar-refractivity contribution in [1.82, 2.24) is 9.80 Å². The van der Waals surface area contributed by atoms with Crippen LogP contribution in [0, 0.1) is 0 Å². The number of hydrogen-bond donors (Lipinski definition) is 0. The van der Waals surface area contributed by atoms with Gasteiger partial charge >= 0.3 is 5.97 Å². The third-order valence-electron chi connectivity index (χ3n) is 4.58. The molecule has 4 nitrogen and oxygen atoms in total. The summed E-state index contributed by atoms with van der Waals surface area (Å²) < 4.78 is 5.38. The highest BCUT2D eigenvalue weighted by Gasteiger charge is 2.17. The van der Waals surface area contributed by atoms with E-state index in [2.05, 4.69) is 40.1 Å². The lowest BCUT2D eigenvalue weighted by Crippen LogP contribution is -2.46. The molecule has 0 spiro atoms. The smallest absolute Gasteiger partial charge is 0.310 e. The number of nitrogens with zero attached hydrogens (tertiary/aromatic N) is 2. The monoisotopic (exact) mass is 338 g/mol. The van der Waals surface area contributed by atoms with Gasteiger partial charge in [-0.15, -0.1) is 0 Å². The lowest BCUT2D eigenvalue weighted by Gasteiger charge is -2.34. The van der Waals surface area contributed by atoms with E-state index in [-0.39, 0.29) is 5.97 Å². The first-order valence-corrected chi connectivity index (χ1v) is 8.98. The molecule has 0 atom stereocenters. The molecule has 2 aromatic rings. The van der Waals surface area contributed by atoms with Gasteiger partial charge in [-0.05, 0) is 11.1 Å². The zero-order chi connectivity index (χ0) is 17.3. The van der Waals surface area contributed by atoms with Crippen molar-refractivity contribution in [3.8, 4) is 0 Å². The second-order valence-electron chi connectivity index (χ2n) is 6.49. The third kappa shape index (κ3) is 6.00. The number of rotatable bonds is 7. The molecule has 2 aromatic carbocycles. The molecule has 1 saturated heterocycles. The predicted octanol–water partition coefficient (Wildman–Crippen LogP) is 2.59. The summed E-state index contributed by atoms with van der Waals surface area (Å²) in [5.41, 5.74) is 2.37. The summed E-state index contributed by atoms with van der Waals surface area (Å²) in [5, 5.41) is 0. The van der Waals surface area contributed by atoms with Gasteiger partial charge < -0.3 is 4.74 Å². The topological polar surface area (TPSA) is 32.8 Å². The molecule has 0 aliphatic carbocycles. The van der Waals surface area contributed by atoms with E-state index in [1.54, 1.807) is 0 Å². The Labute approximate surface area is 150 Å². The highest BCUT2D eigenvalue weighted by molar-refractivity contribution is 5.72. The molecule has 0 N–H and O–H groups in total. The van der Waals surface area contributed by atoms with Crippen LogP contribution in [0.2, 0.25) is 0 Å². The van der Waals surface area contributed by atoms with Crippen LogP contribution in [0.1, 0.15) is 11.1 Å². The Balaban J connectivity index is 1.31. The minimum atomic E-state index is -0.145. The van der Waals surface area contributed by atoms with Crippen molar-refractivity contribution >= 4 is 5.97 Å². The molecule has 3 rings (SSSR count). The second-order valence-corrected chi connectivity index (χ2v) is 6.49. The van der Waals surface area contributed by atoms with Crippen LogP contribution < -0.4 is 0 Å². The zero-order valence-corrected chi connectivity index (χ0v) is 14.6. The van der Waals surface area contributed by atoms with Crippen LogP contribution in [0.15, 0.2) is 60.7 Å². The summed E-state index contributed by atoms with van der Waals surface area (Å²) in [4.78, 5) is 16.7. The van der Waals surface area contributed by atoms with Crippen molar-refractivity contribution in [1.29, 1.82) is 0 Å². The quantitative estimate of drug-likeness (QED) is 0.727. The average Bonchev–Trinajstić information content (AvgIpc) is 2.65. The Kier molecular flexibility index (Phi) is 6.60. The minimum Gasteiger partial charge on any atom is -0.464 e. The van der Waals surface area contributed by atoms with E-state index >= 15 is 0 Å². The summed E-state index contributed by atoms with van der Waals surface area (Å²) in [6, 6.07) is 20.3. The van der Waals surface area contributed by atoms with Gasteiger partial charge in [0.15, 0.2) is 0 Å². The lowest BCUT2D eigenvalue weighted by molar-refractivity contribution is -0.143. The van der Waals surface area contributed by atoms with E-state index in [9.17, 15) is 4.79 Å². The van der Waals surface area contributed by atoms with E-state index in [4.69, 9.17) is 4.74 Å². The second kappa shape index (κ2) is 9.35. The molecule has 0 radical (unpaired) electrons. The van der Waals surface area contributed by atoms with Gasteiger partial charge in [-0.3, -0.25) is 14.6 Å². The molecule has 0 aromatic heterocycles. The molecule has 0 unspecified atom stereocenters. The maximum Gasteiger partial charge on any atom is 0.310 e. The van der Waals surface area contributed by atoms with E-state index in [1.807, 2.05) is 30.3 Å². The van der Waals surface area contributed by atoms with Crippen LogP contribution >= 0.6 is 0 Å². The molecule has 0 saturated carbocycles. The SMILES string of the molecule is O=C(Cc1ccccc1)OCCN1CCN(Cc2ccccc2)CC1. The van der Waals surface area contributed by atoms with Crippen LogP contribution in [-0.2, 0) is 22.5 Å². The number of ether oxygens (including phenoxy) is 1. The largest absolute Gasteiger partial charge is 0.464 e. The van der Waals surface area contributed by atoms with Crippen molar-refractivity contribution in [2.75, 3.05) is 39.3 Å². The fourth-order valence-electron chi connectivity index (χ4n) is 3.11. The Morgan fingerprint density at radius 2 is 1.36 bits per heavy atom. The van der Waals surface area contributed by atoms with Crippen LogP contribution in [0.5, 0.6) is 0 Å². The average molecular weight is 338 g/mol. The summed E-state index contributed by atoms with van der Waals surface area (Å²) >= 11 is 0. The number of carbonyl (C=O) groups excluding carboxylic acids is 1. The van der Waals surface area contributed by atoms with Crippen molar-refractivity contribution in [3.05, 3.63) is 71.8 Å². The van der Waals surface area contributed by atoms with E-state index in [1.165, 1.54) is 5.56 Å². The van der Waals surface area contributed by atoms with E-state index in [0.29, 0.717) is 13.0 Å². The number of carbonyl (C=O) groups is 1. The van der Waals surface area contributed by atoms with Gasteiger partial charge in [0.05, 0.1) is 6.42 Å². The van der Waals surface area contributed by atoms with Gasteiger partial charge in [-0.25, -0.2) is 0 Å². The summed E-state index contributed by atoms with van der Waals surface area (Å²) in [5.74, 6) is -0.145. The fourth-order valence-corrected chi connectivity index (χ4v) is 3.11. The Morgan fingerprint density at radius 1 is 0.800 bits per heavy atom. The van der Waals surface area contributed by atoms with Crippen LogP contribution in [0.4, 0.5) is 0 Å². The standard InChI is InChI=1S/C21H26N2O2/c24-21(17-19-7-3-1-4-8-19)25-16-15-22-11-13-23(14-12-22)18-20-9-5-2-6-10-20/h1-10H,11-18H2. The van der Waals surface area contributed by atoms with Crippen molar-refractivity contribution < 1.29 is 9.53 Å². The van der Waals surface area contributed by atoms with Crippen molar-refractivity contribution in [2.45, 2.75) is 13.0 Å². The predicted molar refractivity (Wildman–Crippen MR) is 99.3 cm³/mol. The zero-order valence-electron chi connectivity index (χ0n) is 14.6. The maximum absolute atomic E-state index is 11.9. The van der Waals surface area contributed by atoms with E-state index in [0.717, 1.165) is 44.8 Å². The lowest BCUT2D eigenvalue weighted by atomic mass is 10.2. The highest BCUT2D eigenvalue weighted by Crippen LogP contribution is 2.08. The minimum absolute atomic E-state index is 0.145. The molecule has 1 aliphatic rings. The first-order valence-electron chi connectivity index (χ1n) is 8.98. The number of hydrogen-bond acceptors (Lipinski definition) is 4. The summed E-state index contributed by atoms with van der Waals surface area (Å²) in [6.45, 7) is 6.50. The molecular weight excluding hydrogens is 312 g/mol. The normalized spacial score (nSPS) is 15.8. The number of piperazine rings is 1. The number of esters is 1. The molecular formula is C21H26N2O2. The maximum atomic E-state index is 11.9. The summed E-state index contributed by atoms with van der Waals surface area (Å²) in [6.07, 6.45) is 0.353. The van der Waals surface area contributed by atoms with Crippen LogP contribution in [-0.4, -0.2) is 55.1 Å². The molecule has 4 heteroatoms. The van der Waals surface area contributed by atoms with Gasteiger partial charge in [0.25, 0.3) is 0 Å². The van der Waals surface area contributed by atoms with Gasteiger partial charge in [-0.1, -0.05) is 60.7 Å². The first-order chi connectivity index (χ1) is 12.3. The molecule has 132 valence electrons. The molecule has 1 aliphatic heterocycles. The van der Waals surface area contributed by atoms with Crippen molar-refractivity contribution in [2.24, 2.45) is 0 Å². The highest BCUT2D eigenvalue weighted by atomic mass is 16.5. The van der Waals surface area contributed by atoms with Gasteiger partial charge in [0.2, 0.25) is 0 Å². The molecule has 0 bridgehead atoms. The summed E-state index contributed by atoms with van der Waals surface area (Å²) in [7, 11) is 0. The number of benzene rings is 2. The first kappa shape index (κ1) is 17.6. The Morgan fingerprint density at radius 3 is 2.00 bits per heavy atom. The molecule has 0 amide bonds. The van der Waals surface area contributed by atoms with E-state index < -0.39 is 0 Å². The van der Waals surface area contributed by atoms with Crippen molar-refractivity contribution in [3.63, 3.8) is 0 Å². The van der Waals surface area contributed by atoms with Crippen LogP contribution in [0.3, 0.4) is 0 Å². The molecule has 25 heavy (non-hydrogen) atoms. The van der Waals surface area contributed by atoms with Crippen LogP contribution in [0.25, 0.3) is 0 Å². The molecule has 1 fully saturated rings.